The molecule has 4 fully saturated rings. The molecular formula is C31H52N2O24. The molecule has 57 heavy (non-hydrogen) atoms. The molecule has 4 heterocycles. The third-order valence-corrected chi connectivity index (χ3v) is 9.98. The molecule has 0 saturated carbocycles. The molecule has 0 aromatic rings. The predicted octanol–water partition coefficient (Wildman–Crippen LogP) is -10.3. The molecule has 4 aliphatic heterocycles. The highest BCUT2D eigenvalue weighted by Crippen LogP contribution is 2.36. The van der Waals surface area contributed by atoms with E-state index in [2.05, 4.69) is 10.6 Å². The van der Waals surface area contributed by atoms with Crippen LogP contribution in [-0.2, 0) is 47.5 Å². The quantitative estimate of drug-likeness (QED) is 0.0728. The van der Waals surface area contributed by atoms with Crippen molar-refractivity contribution in [3.05, 3.63) is 0 Å². The fourth-order valence-electron chi connectivity index (χ4n) is 6.94. The van der Waals surface area contributed by atoms with Crippen LogP contribution in [0, 0.1) is 0 Å². The molecule has 0 aromatic heterocycles. The Morgan fingerprint density at radius 2 is 1.28 bits per heavy atom. The number of aliphatic hydroxyl groups excluding tert-OH is 13. The van der Waals surface area contributed by atoms with Gasteiger partial charge < -0.3 is 115 Å². The van der Waals surface area contributed by atoms with Gasteiger partial charge in [-0.2, -0.15) is 0 Å². The van der Waals surface area contributed by atoms with E-state index in [1.807, 2.05) is 0 Å². The van der Waals surface area contributed by atoms with Gasteiger partial charge in [0.25, 0.3) is 5.79 Å². The lowest BCUT2D eigenvalue weighted by Gasteiger charge is -2.49. The van der Waals surface area contributed by atoms with Gasteiger partial charge in [-0.05, 0) is 0 Å². The molecule has 0 spiro atoms. The van der Waals surface area contributed by atoms with E-state index in [0.29, 0.717) is 0 Å². The second kappa shape index (κ2) is 19.8. The molecular weight excluding hydrogens is 784 g/mol. The molecule has 26 nitrogen and oxygen atoms in total. The Hall–Kier alpha value is -2.39. The Morgan fingerprint density at radius 1 is 0.702 bits per heavy atom. The zero-order valence-corrected chi connectivity index (χ0v) is 30.4. The lowest BCUT2D eigenvalue weighted by molar-refractivity contribution is -0.374. The first-order chi connectivity index (χ1) is 26.7. The van der Waals surface area contributed by atoms with E-state index in [1.54, 1.807) is 0 Å². The Labute approximate surface area is 322 Å². The Kier molecular flexibility index (Phi) is 16.4. The van der Waals surface area contributed by atoms with E-state index in [0.717, 1.165) is 13.8 Å². The highest BCUT2D eigenvalue weighted by molar-refractivity contribution is 5.76. The topological polar surface area (TPSA) is 423 Å². The molecule has 16 N–H and O–H groups in total. The zero-order chi connectivity index (χ0) is 42.7. The monoisotopic (exact) mass is 836 g/mol. The number of rotatable bonds is 15. The number of carbonyl (C=O) groups is 3. The first-order valence-corrected chi connectivity index (χ1v) is 17.7. The molecule has 4 aliphatic rings. The van der Waals surface area contributed by atoms with Crippen molar-refractivity contribution in [2.24, 2.45) is 0 Å². The van der Waals surface area contributed by atoms with Crippen molar-refractivity contribution in [3.8, 4) is 0 Å². The highest BCUT2D eigenvalue weighted by Gasteiger charge is 2.58. The summed E-state index contributed by atoms with van der Waals surface area (Å²) in [5, 5.41) is 150. The molecule has 4 saturated heterocycles. The van der Waals surface area contributed by atoms with Gasteiger partial charge in [-0.3, -0.25) is 9.59 Å². The maximum Gasteiger partial charge on any atom is 0.364 e. The summed E-state index contributed by atoms with van der Waals surface area (Å²) in [5.74, 6) is -6.40. The molecule has 0 aromatic carbocycles. The van der Waals surface area contributed by atoms with E-state index >= 15 is 0 Å². The van der Waals surface area contributed by atoms with Crippen LogP contribution in [0.3, 0.4) is 0 Å². The van der Waals surface area contributed by atoms with Crippen LogP contribution in [0.15, 0.2) is 0 Å². The SMILES string of the molecule is CC(=O)N[C@H]1[C@H](O[C@@H]2[C@H](O)[C@@H](O)[C@H](O[C@H]3[C@H](O)[C@@H](CO)OC(O)[C@@H]3O)O[C@@H]2CO)O[C@H](CO[C@]2(C(=O)O)C[C@H](O)[C@@H](NC(C)=O)[C@H]([C@H](O)[C@H](O)CO)O2)[C@H](O)[C@@H]1O. The highest BCUT2D eigenvalue weighted by atomic mass is 16.8. The molecule has 330 valence electrons. The molecule has 4 rings (SSSR count). The minimum atomic E-state index is -2.92. The molecule has 21 atom stereocenters. The summed E-state index contributed by atoms with van der Waals surface area (Å²) in [4.78, 5) is 36.6. The molecule has 0 bridgehead atoms. The van der Waals surface area contributed by atoms with Crippen molar-refractivity contribution in [2.75, 3.05) is 26.4 Å². The molecule has 0 aliphatic carbocycles. The van der Waals surface area contributed by atoms with Gasteiger partial charge in [0.1, 0.15) is 91.5 Å². The summed E-state index contributed by atoms with van der Waals surface area (Å²) >= 11 is 0. The van der Waals surface area contributed by atoms with Crippen molar-refractivity contribution in [3.63, 3.8) is 0 Å². The standard InChI is InChI=1S/C31H52N2O24/c1-8(37)32-15-10(39)3-31(30(49)50,57-25(15)17(41)11(40)4-34)51-7-14-18(42)20(44)16(33-9(2)38)28(54-14)55-24-13(6-36)53-29(22(46)21(24)45)56-26-19(43)12(5-35)52-27(48)23(26)47/h10-29,34-36,39-48H,3-7H2,1-2H3,(H,32,37)(H,33,38)(H,49,50)/t10-,11+,12+,13+,14+,15+,16+,17+,18-,19+,20+,21+,22+,23+,24-,25+,26-,27?,28-,29-,31+/m0/s1. The minimum Gasteiger partial charge on any atom is -0.477 e. The number of aliphatic carboxylic acids is 1. The molecule has 1 unspecified atom stereocenters. The van der Waals surface area contributed by atoms with Gasteiger partial charge in [0, 0.05) is 20.3 Å². The molecule has 2 amide bonds. The molecule has 26 heteroatoms. The Balaban J connectivity index is 1.56. The smallest absolute Gasteiger partial charge is 0.364 e. The van der Waals surface area contributed by atoms with Crippen LogP contribution in [0.5, 0.6) is 0 Å². The first-order valence-electron chi connectivity index (χ1n) is 17.7. The lowest BCUT2D eigenvalue weighted by Crippen LogP contribution is -2.69. The van der Waals surface area contributed by atoms with E-state index in [-0.39, 0.29) is 0 Å². The fraction of sp³-hybridized carbons (Fsp3) is 0.903. The van der Waals surface area contributed by atoms with E-state index in [1.165, 1.54) is 0 Å². The number of carboxylic acid groups (broad SMARTS) is 1. The van der Waals surface area contributed by atoms with Gasteiger partial charge in [-0.1, -0.05) is 0 Å². The third-order valence-electron chi connectivity index (χ3n) is 9.98. The number of aliphatic hydroxyl groups is 13. The summed E-state index contributed by atoms with van der Waals surface area (Å²) in [6, 6.07) is -3.22. The number of nitrogens with one attached hydrogen (secondary N) is 2. The van der Waals surface area contributed by atoms with Crippen molar-refractivity contribution in [1.82, 2.24) is 10.6 Å². The summed E-state index contributed by atoms with van der Waals surface area (Å²) < 4.78 is 38.5. The van der Waals surface area contributed by atoms with Crippen LogP contribution >= 0.6 is 0 Å². The number of amides is 2. The Bertz CT molecular complexity index is 1350. The average Bonchev–Trinajstić information content (AvgIpc) is 3.16. The van der Waals surface area contributed by atoms with Gasteiger partial charge in [0.2, 0.25) is 11.8 Å². The minimum absolute atomic E-state index is 0.755. The van der Waals surface area contributed by atoms with Crippen LogP contribution in [0.1, 0.15) is 20.3 Å². The van der Waals surface area contributed by atoms with Crippen LogP contribution in [0.4, 0.5) is 0 Å². The maximum atomic E-state index is 12.6. The van der Waals surface area contributed by atoms with Gasteiger partial charge in [0.15, 0.2) is 18.9 Å². The zero-order valence-electron chi connectivity index (χ0n) is 30.4. The van der Waals surface area contributed by atoms with E-state index < -0.39 is 179 Å². The van der Waals surface area contributed by atoms with Gasteiger partial charge in [-0.15, -0.1) is 0 Å². The second-order valence-electron chi connectivity index (χ2n) is 14.1. The summed E-state index contributed by atoms with van der Waals surface area (Å²) in [5.41, 5.74) is 0. The van der Waals surface area contributed by atoms with Crippen molar-refractivity contribution in [2.45, 2.75) is 149 Å². The van der Waals surface area contributed by atoms with Crippen LogP contribution in [0.25, 0.3) is 0 Å². The summed E-state index contributed by atoms with van der Waals surface area (Å²) in [6.07, 6.45) is -35.2. The van der Waals surface area contributed by atoms with Crippen molar-refractivity contribution >= 4 is 17.8 Å². The van der Waals surface area contributed by atoms with Crippen molar-refractivity contribution < 1.29 is 119 Å². The summed E-state index contributed by atoms with van der Waals surface area (Å²) in [7, 11) is 0. The van der Waals surface area contributed by atoms with E-state index in [4.69, 9.17) is 33.2 Å². The van der Waals surface area contributed by atoms with Crippen LogP contribution in [-0.4, -0.2) is 244 Å². The lowest BCUT2D eigenvalue weighted by atomic mass is 9.88. The van der Waals surface area contributed by atoms with Crippen molar-refractivity contribution in [1.29, 1.82) is 0 Å². The van der Waals surface area contributed by atoms with E-state index in [9.17, 15) is 85.9 Å². The van der Waals surface area contributed by atoms with Gasteiger partial charge in [-0.25, -0.2) is 4.79 Å². The Morgan fingerprint density at radius 3 is 1.84 bits per heavy atom. The first kappa shape index (κ1) is 47.3. The number of hydrogen-bond acceptors (Lipinski definition) is 23. The largest absolute Gasteiger partial charge is 0.477 e. The number of carboxylic acids is 1. The number of hydrogen-bond donors (Lipinski definition) is 16. The number of ether oxygens (including phenoxy) is 7. The van der Waals surface area contributed by atoms with Crippen LogP contribution in [0.2, 0.25) is 0 Å². The average molecular weight is 837 g/mol. The number of carbonyl (C=O) groups excluding carboxylic acids is 2. The fourth-order valence-corrected chi connectivity index (χ4v) is 6.94. The molecule has 0 radical (unpaired) electrons. The van der Waals surface area contributed by atoms with Gasteiger partial charge >= 0.3 is 5.97 Å². The van der Waals surface area contributed by atoms with Gasteiger partial charge in [0.05, 0.1) is 38.6 Å². The third kappa shape index (κ3) is 10.3. The second-order valence-corrected chi connectivity index (χ2v) is 14.1. The maximum absolute atomic E-state index is 12.6. The summed E-state index contributed by atoms with van der Waals surface area (Å²) in [6.45, 7) is -1.87. The normalized spacial score (nSPS) is 45.1. The predicted molar refractivity (Wildman–Crippen MR) is 174 cm³/mol. The van der Waals surface area contributed by atoms with Crippen LogP contribution < -0.4 is 10.6 Å².